The summed E-state index contributed by atoms with van der Waals surface area (Å²) in [4.78, 5) is 4.24. The maximum absolute atomic E-state index is 4.24. The Morgan fingerprint density at radius 2 is 1.90 bits per heavy atom. The number of pyridine rings is 1. The van der Waals surface area contributed by atoms with Gasteiger partial charge in [-0.15, -0.1) is 0 Å². The molecule has 0 saturated heterocycles. The number of nitrogens with zero attached hydrogens (tertiary/aromatic N) is 1. The molecular formula is C7H11B2N. The lowest BCUT2D eigenvalue weighted by molar-refractivity contribution is 1.22. The second-order valence-corrected chi connectivity index (χ2v) is 2.78. The highest BCUT2D eigenvalue weighted by molar-refractivity contribution is 6.39. The number of aryl methyl sites for hydroxylation is 1. The molecule has 50 valence electrons. The fraction of sp³-hybridized carbons (Fsp3) is 0.286. The number of aromatic nitrogens is 1. The summed E-state index contributed by atoms with van der Waals surface area (Å²) in [5.41, 5.74) is 5.11. The predicted octanol–water partition coefficient (Wildman–Crippen LogP) is -1.78. The van der Waals surface area contributed by atoms with Gasteiger partial charge in [0, 0.05) is 11.9 Å². The molecule has 0 aromatic carbocycles. The number of rotatable bonds is 0. The van der Waals surface area contributed by atoms with E-state index in [9.17, 15) is 0 Å². The van der Waals surface area contributed by atoms with E-state index in [0.29, 0.717) is 0 Å². The third kappa shape index (κ3) is 1.08. The van der Waals surface area contributed by atoms with Gasteiger partial charge < -0.3 is 0 Å². The summed E-state index contributed by atoms with van der Waals surface area (Å²) in [7, 11) is 4.21. The average Bonchev–Trinajstić information content (AvgIpc) is 1.93. The highest BCUT2D eigenvalue weighted by Crippen LogP contribution is 1.88. The molecule has 1 heterocycles. The Bertz CT molecular complexity index is 231. The van der Waals surface area contributed by atoms with Gasteiger partial charge in [-0.2, -0.15) is 0 Å². The van der Waals surface area contributed by atoms with Gasteiger partial charge >= 0.3 is 0 Å². The minimum Gasteiger partial charge on any atom is -0.263 e. The van der Waals surface area contributed by atoms with Crippen LogP contribution in [0, 0.1) is 13.8 Å². The van der Waals surface area contributed by atoms with Gasteiger partial charge in [0.2, 0.25) is 0 Å². The molecule has 0 aliphatic carbocycles. The van der Waals surface area contributed by atoms with Crippen molar-refractivity contribution >= 4 is 26.6 Å². The molecular weight excluding hydrogens is 120 g/mol. The topological polar surface area (TPSA) is 12.9 Å². The summed E-state index contributed by atoms with van der Waals surface area (Å²) < 4.78 is 0. The molecule has 1 aromatic heterocycles. The Kier molecular flexibility index (Phi) is 1.84. The molecule has 0 amide bonds. The second kappa shape index (κ2) is 2.49. The molecule has 3 heteroatoms. The molecule has 0 bridgehead atoms. The second-order valence-electron chi connectivity index (χ2n) is 2.78. The third-order valence-electron chi connectivity index (χ3n) is 2.15. The minimum absolute atomic E-state index is 1.14. The summed E-state index contributed by atoms with van der Waals surface area (Å²) in [6.45, 7) is 4.18. The molecule has 10 heavy (non-hydrogen) atoms. The Hall–Kier alpha value is -0.720. The lowest BCUT2D eigenvalue weighted by Gasteiger charge is -2.05. The Morgan fingerprint density at radius 3 is 2.40 bits per heavy atom. The standard InChI is InChI=1S/C7H11B2N/c1-4-6(8)3-10-5(2)7(4)9/h3H,8-9H2,1-2H3. The zero-order chi connectivity index (χ0) is 7.72. The maximum Gasteiger partial charge on any atom is 0.142 e. The molecule has 0 saturated carbocycles. The summed E-state index contributed by atoms with van der Waals surface area (Å²) >= 11 is 0. The third-order valence-corrected chi connectivity index (χ3v) is 2.15. The number of hydrogen-bond donors (Lipinski definition) is 0. The predicted molar refractivity (Wildman–Crippen MR) is 50.1 cm³/mol. The van der Waals surface area contributed by atoms with Crippen LogP contribution in [0.3, 0.4) is 0 Å². The van der Waals surface area contributed by atoms with E-state index in [0.717, 1.165) is 5.69 Å². The molecule has 0 N–H and O–H groups in total. The number of hydrogen-bond acceptors (Lipinski definition) is 1. The van der Waals surface area contributed by atoms with Gasteiger partial charge in [0.05, 0.1) is 0 Å². The SMILES string of the molecule is Bc1cnc(C)c(B)c1C. The lowest BCUT2D eigenvalue weighted by atomic mass is 9.82. The van der Waals surface area contributed by atoms with E-state index in [2.05, 4.69) is 27.6 Å². The maximum atomic E-state index is 4.24. The van der Waals surface area contributed by atoms with Gasteiger partial charge in [0.15, 0.2) is 0 Å². The van der Waals surface area contributed by atoms with E-state index < -0.39 is 0 Å². The van der Waals surface area contributed by atoms with E-state index >= 15 is 0 Å². The van der Waals surface area contributed by atoms with Crippen molar-refractivity contribution in [2.75, 3.05) is 0 Å². The summed E-state index contributed by atoms with van der Waals surface area (Å²) in [5, 5.41) is 0. The quantitative estimate of drug-likeness (QED) is 0.379. The normalized spacial score (nSPS) is 9.80. The minimum atomic E-state index is 1.14. The van der Waals surface area contributed by atoms with Gasteiger partial charge in [-0.25, -0.2) is 0 Å². The first-order valence-electron chi connectivity index (χ1n) is 3.52. The zero-order valence-corrected chi connectivity index (χ0v) is 7.02. The van der Waals surface area contributed by atoms with E-state index in [1.807, 2.05) is 13.1 Å². The molecule has 1 aromatic rings. The summed E-state index contributed by atoms with van der Waals surface area (Å²) in [6.07, 6.45) is 1.93. The van der Waals surface area contributed by atoms with Gasteiger partial charge in [-0.1, -0.05) is 16.5 Å². The van der Waals surface area contributed by atoms with Crippen LogP contribution in [-0.2, 0) is 0 Å². The van der Waals surface area contributed by atoms with Crippen LogP contribution in [0.15, 0.2) is 6.20 Å². The van der Waals surface area contributed by atoms with Crippen LogP contribution in [0.2, 0.25) is 0 Å². The van der Waals surface area contributed by atoms with Crippen LogP contribution >= 0.6 is 0 Å². The van der Waals surface area contributed by atoms with Crippen LogP contribution in [-0.4, -0.2) is 20.7 Å². The van der Waals surface area contributed by atoms with E-state index in [-0.39, 0.29) is 0 Å². The van der Waals surface area contributed by atoms with Crippen LogP contribution in [0.4, 0.5) is 0 Å². The smallest absolute Gasteiger partial charge is 0.142 e. The molecule has 1 nitrogen and oxygen atoms in total. The Morgan fingerprint density at radius 1 is 1.30 bits per heavy atom. The van der Waals surface area contributed by atoms with E-state index in [4.69, 9.17) is 0 Å². The van der Waals surface area contributed by atoms with Gasteiger partial charge in [0.25, 0.3) is 0 Å². The molecule has 0 fully saturated rings. The van der Waals surface area contributed by atoms with Crippen molar-refractivity contribution < 1.29 is 0 Å². The van der Waals surface area contributed by atoms with Crippen molar-refractivity contribution in [1.29, 1.82) is 0 Å². The fourth-order valence-electron chi connectivity index (χ4n) is 0.954. The molecule has 0 atom stereocenters. The van der Waals surface area contributed by atoms with Crippen molar-refractivity contribution in [2.45, 2.75) is 13.8 Å². The first-order chi connectivity index (χ1) is 4.63. The molecule has 0 unspecified atom stereocenters. The van der Waals surface area contributed by atoms with Crippen molar-refractivity contribution in [1.82, 2.24) is 4.98 Å². The monoisotopic (exact) mass is 131 g/mol. The van der Waals surface area contributed by atoms with Crippen molar-refractivity contribution in [3.05, 3.63) is 17.5 Å². The van der Waals surface area contributed by atoms with Gasteiger partial charge in [0.1, 0.15) is 15.7 Å². The van der Waals surface area contributed by atoms with Crippen LogP contribution < -0.4 is 10.9 Å². The fourth-order valence-corrected chi connectivity index (χ4v) is 0.954. The Balaban J connectivity index is 3.34. The Labute approximate surface area is 63.7 Å². The van der Waals surface area contributed by atoms with Crippen molar-refractivity contribution in [3.63, 3.8) is 0 Å². The van der Waals surface area contributed by atoms with Gasteiger partial charge in [-0.05, 0) is 13.8 Å². The van der Waals surface area contributed by atoms with E-state index in [1.165, 1.54) is 16.5 Å². The zero-order valence-electron chi connectivity index (χ0n) is 7.02. The van der Waals surface area contributed by atoms with Crippen LogP contribution in [0.25, 0.3) is 0 Å². The molecule has 0 spiro atoms. The first kappa shape index (κ1) is 7.39. The highest BCUT2D eigenvalue weighted by atomic mass is 14.7. The molecule has 1 rings (SSSR count). The van der Waals surface area contributed by atoms with Crippen LogP contribution in [0.1, 0.15) is 11.3 Å². The van der Waals surface area contributed by atoms with E-state index in [1.54, 1.807) is 0 Å². The first-order valence-corrected chi connectivity index (χ1v) is 3.52. The largest absolute Gasteiger partial charge is 0.263 e. The molecule has 0 aliphatic rings. The lowest BCUT2D eigenvalue weighted by Crippen LogP contribution is -2.23. The highest BCUT2D eigenvalue weighted by Gasteiger charge is 1.98. The van der Waals surface area contributed by atoms with Crippen molar-refractivity contribution in [2.24, 2.45) is 0 Å². The summed E-state index contributed by atoms with van der Waals surface area (Å²) in [5.74, 6) is 0. The van der Waals surface area contributed by atoms with Crippen molar-refractivity contribution in [3.8, 4) is 0 Å². The molecule has 0 radical (unpaired) electrons. The van der Waals surface area contributed by atoms with Gasteiger partial charge in [-0.3, -0.25) is 4.98 Å². The molecule has 0 aliphatic heterocycles. The summed E-state index contributed by atoms with van der Waals surface area (Å²) in [6, 6.07) is 0. The average molecular weight is 131 g/mol. The van der Waals surface area contributed by atoms with Crippen LogP contribution in [0.5, 0.6) is 0 Å².